The lowest BCUT2D eigenvalue weighted by Gasteiger charge is -2.12. The van der Waals surface area contributed by atoms with Crippen molar-refractivity contribution < 1.29 is 14.3 Å². The molecule has 0 aliphatic carbocycles. The summed E-state index contributed by atoms with van der Waals surface area (Å²) < 4.78 is 10.9. The van der Waals surface area contributed by atoms with E-state index in [1.54, 1.807) is 13.0 Å². The molecule has 0 N–H and O–H groups in total. The van der Waals surface area contributed by atoms with Crippen LogP contribution in [0.2, 0.25) is 0 Å². The summed E-state index contributed by atoms with van der Waals surface area (Å²) in [5.41, 5.74) is 5.31. The molecule has 3 aromatic rings. The minimum atomic E-state index is -0.335. The summed E-state index contributed by atoms with van der Waals surface area (Å²) in [5.74, 6) is 0.533. The first-order valence-electron chi connectivity index (χ1n) is 9.39. The third kappa shape index (κ3) is 5.10. The number of carbonyl (C=O) groups is 1. The van der Waals surface area contributed by atoms with Crippen LogP contribution < -0.4 is 4.74 Å². The summed E-state index contributed by atoms with van der Waals surface area (Å²) in [4.78, 5) is 11.6. The van der Waals surface area contributed by atoms with Crippen molar-refractivity contribution in [3.8, 4) is 16.9 Å². The second-order valence-electron chi connectivity index (χ2n) is 6.43. The molecule has 3 rings (SSSR count). The summed E-state index contributed by atoms with van der Waals surface area (Å²) in [6.07, 6.45) is 3.26. The zero-order valence-corrected chi connectivity index (χ0v) is 16.2. The molecule has 0 heterocycles. The molecule has 142 valence electrons. The average molecular weight is 372 g/mol. The molecule has 0 radical (unpaired) electrons. The Bertz CT molecular complexity index is 959. The topological polar surface area (TPSA) is 35.5 Å². The first-order valence-corrected chi connectivity index (χ1v) is 9.39. The Labute approximate surface area is 166 Å². The van der Waals surface area contributed by atoms with Gasteiger partial charge in [-0.15, -0.1) is 0 Å². The Morgan fingerprint density at radius 2 is 1.71 bits per heavy atom. The largest absolute Gasteiger partial charge is 0.489 e. The first kappa shape index (κ1) is 19.4. The molecule has 0 aromatic heterocycles. The minimum absolute atomic E-state index is 0.335. The Balaban J connectivity index is 1.79. The quantitative estimate of drug-likeness (QED) is 0.387. The molecule has 28 heavy (non-hydrogen) atoms. The predicted octanol–water partition coefficient (Wildman–Crippen LogP) is 5.82. The molecule has 3 aromatic carbocycles. The summed E-state index contributed by atoms with van der Waals surface area (Å²) >= 11 is 0. The van der Waals surface area contributed by atoms with Gasteiger partial charge >= 0.3 is 5.97 Å². The number of ether oxygens (including phenoxy) is 2. The lowest BCUT2D eigenvalue weighted by atomic mass is 9.97. The molecule has 3 heteroatoms. The Kier molecular flexibility index (Phi) is 6.64. The van der Waals surface area contributed by atoms with Gasteiger partial charge in [-0.2, -0.15) is 0 Å². The lowest BCUT2D eigenvalue weighted by Crippen LogP contribution is -1.99. The number of benzene rings is 3. The predicted molar refractivity (Wildman–Crippen MR) is 113 cm³/mol. The maximum Gasteiger partial charge on any atom is 0.330 e. The zero-order valence-electron chi connectivity index (χ0n) is 16.2. The van der Waals surface area contributed by atoms with Gasteiger partial charge in [0.15, 0.2) is 0 Å². The van der Waals surface area contributed by atoms with Gasteiger partial charge in [0.2, 0.25) is 0 Å². The highest BCUT2D eigenvalue weighted by Crippen LogP contribution is 2.29. The molecule has 0 saturated carbocycles. The highest BCUT2D eigenvalue weighted by atomic mass is 16.5. The Hall–Kier alpha value is -3.33. The molecular weight excluding hydrogens is 348 g/mol. The highest BCUT2D eigenvalue weighted by molar-refractivity contribution is 5.89. The standard InChI is InChI=1S/C25H24O3/c1-3-27-25(26)16-14-21-11-7-8-12-23(21)22-13-15-24(19(2)17-22)28-18-20-9-5-4-6-10-20/h4-17H,3,18H2,1-2H3/b16-14+. The van der Waals surface area contributed by atoms with Gasteiger partial charge in [0.25, 0.3) is 0 Å². The number of rotatable bonds is 7. The fraction of sp³-hybridized carbons (Fsp3) is 0.160. The second-order valence-corrected chi connectivity index (χ2v) is 6.43. The second kappa shape index (κ2) is 9.56. The summed E-state index contributed by atoms with van der Waals surface area (Å²) in [6.45, 7) is 4.75. The van der Waals surface area contributed by atoms with Gasteiger partial charge in [-0.05, 0) is 59.9 Å². The summed E-state index contributed by atoms with van der Waals surface area (Å²) in [5, 5.41) is 0. The molecule has 0 unspecified atom stereocenters. The third-order valence-electron chi connectivity index (χ3n) is 4.37. The van der Waals surface area contributed by atoms with Gasteiger partial charge in [0, 0.05) is 6.08 Å². The number of hydrogen-bond donors (Lipinski definition) is 0. The van der Waals surface area contributed by atoms with E-state index in [1.165, 1.54) is 6.08 Å². The smallest absolute Gasteiger partial charge is 0.330 e. The van der Waals surface area contributed by atoms with Gasteiger partial charge in [-0.3, -0.25) is 0 Å². The van der Waals surface area contributed by atoms with E-state index < -0.39 is 0 Å². The normalized spacial score (nSPS) is 10.8. The van der Waals surface area contributed by atoms with Crippen molar-refractivity contribution in [2.45, 2.75) is 20.5 Å². The van der Waals surface area contributed by atoms with Crippen molar-refractivity contribution in [3.05, 3.63) is 95.6 Å². The zero-order chi connectivity index (χ0) is 19.8. The van der Waals surface area contributed by atoms with E-state index in [4.69, 9.17) is 9.47 Å². The lowest BCUT2D eigenvalue weighted by molar-refractivity contribution is -0.137. The van der Waals surface area contributed by atoms with Crippen LogP contribution in [0, 0.1) is 6.92 Å². The number of hydrogen-bond acceptors (Lipinski definition) is 3. The Morgan fingerprint density at radius 1 is 0.964 bits per heavy atom. The SMILES string of the molecule is CCOC(=O)/C=C/c1ccccc1-c1ccc(OCc2ccccc2)c(C)c1. The van der Waals surface area contributed by atoms with E-state index in [0.717, 1.165) is 33.6 Å². The van der Waals surface area contributed by atoms with E-state index in [9.17, 15) is 4.79 Å². The minimum Gasteiger partial charge on any atom is -0.489 e. The van der Waals surface area contributed by atoms with Crippen molar-refractivity contribution in [3.63, 3.8) is 0 Å². The van der Waals surface area contributed by atoms with E-state index >= 15 is 0 Å². The van der Waals surface area contributed by atoms with Crippen LogP contribution >= 0.6 is 0 Å². The van der Waals surface area contributed by atoms with Crippen molar-refractivity contribution in [2.75, 3.05) is 6.61 Å². The van der Waals surface area contributed by atoms with Crippen molar-refractivity contribution in [1.29, 1.82) is 0 Å². The van der Waals surface area contributed by atoms with Crippen LogP contribution in [0.4, 0.5) is 0 Å². The van der Waals surface area contributed by atoms with Gasteiger partial charge in [-0.25, -0.2) is 4.79 Å². The van der Waals surface area contributed by atoms with Crippen molar-refractivity contribution in [1.82, 2.24) is 0 Å². The van der Waals surface area contributed by atoms with E-state index in [1.807, 2.05) is 61.5 Å². The third-order valence-corrected chi connectivity index (χ3v) is 4.37. The van der Waals surface area contributed by atoms with Gasteiger partial charge < -0.3 is 9.47 Å². The maximum atomic E-state index is 11.6. The fourth-order valence-corrected chi connectivity index (χ4v) is 2.97. The molecule has 0 aliphatic heterocycles. The van der Waals surface area contributed by atoms with Crippen molar-refractivity contribution in [2.24, 2.45) is 0 Å². The molecule has 0 aliphatic rings. The Morgan fingerprint density at radius 3 is 2.46 bits per heavy atom. The van der Waals surface area contributed by atoms with Crippen molar-refractivity contribution >= 4 is 12.0 Å². The van der Waals surface area contributed by atoms with Gasteiger partial charge in [0.1, 0.15) is 12.4 Å². The van der Waals surface area contributed by atoms with Gasteiger partial charge in [0.05, 0.1) is 6.61 Å². The van der Waals surface area contributed by atoms with E-state index in [-0.39, 0.29) is 5.97 Å². The van der Waals surface area contributed by atoms with Crippen LogP contribution in [-0.4, -0.2) is 12.6 Å². The van der Waals surface area contributed by atoms with Crippen LogP contribution in [0.5, 0.6) is 5.75 Å². The van der Waals surface area contributed by atoms with Crippen LogP contribution in [0.1, 0.15) is 23.6 Å². The molecule has 0 spiro atoms. The fourth-order valence-electron chi connectivity index (χ4n) is 2.97. The molecule has 0 fully saturated rings. The number of carbonyl (C=O) groups excluding carboxylic acids is 1. The monoisotopic (exact) mass is 372 g/mol. The van der Waals surface area contributed by atoms with E-state index in [0.29, 0.717) is 13.2 Å². The van der Waals surface area contributed by atoms with Gasteiger partial charge in [-0.1, -0.05) is 60.7 Å². The molecule has 3 nitrogen and oxygen atoms in total. The summed E-state index contributed by atoms with van der Waals surface area (Å²) in [7, 11) is 0. The van der Waals surface area contributed by atoms with E-state index in [2.05, 4.69) is 18.2 Å². The molecule has 0 saturated heterocycles. The van der Waals surface area contributed by atoms with Crippen LogP contribution in [0.3, 0.4) is 0 Å². The molecular formula is C25H24O3. The first-order chi connectivity index (χ1) is 13.7. The molecule has 0 bridgehead atoms. The van der Waals surface area contributed by atoms with Crippen LogP contribution in [0.15, 0.2) is 78.9 Å². The average Bonchev–Trinajstić information content (AvgIpc) is 2.72. The highest BCUT2D eigenvalue weighted by Gasteiger charge is 2.07. The maximum absolute atomic E-state index is 11.6. The number of aryl methyl sites for hydroxylation is 1. The van der Waals surface area contributed by atoms with Crippen LogP contribution in [-0.2, 0) is 16.1 Å². The van der Waals surface area contributed by atoms with Crippen LogP contribution in [0.25, 0.3) is 17.2 Å². The summed E-state index contributed by atoms with van der Waals surface area (Å²) in [6, 6.07) is 24.3. The molecule has 0 amide bonds. The number of esters is 1. The molecule has 0 atom stereocenters.